The van der Waals surface area contributed by atoms with E-state index in [2.05, 4.69) is 22.9 Å². The Balaban J connectivity index is 2.20. The van der Waals surface area contributed by atoms with Crippen molar-refractivity contribution in [2.24, 2.45) is 0 Å². The second-order valence-electron chi connectivity index (χ2n) is 4.51. The van der Waals surface area contributed by atoms with Gasteiger partial charge in [-0.05, 0) is 47.8 Å². The first-order valence-electron chi connectivity index (χ1n) is 6.29. The van der Waals surface area contributed by atoms with Gasteiger partial charge in [-0.3, -0.25) is 4.79 Å². The Bertz CT molecular complexity index is 399. The topological polar surface area (TPSA) is 20.3 Å². The Labute approximate surface area is 111 Å². The van der Waals surface area contributed by atoms with Gasteiger partial charge in [0.1, 0.15) is 0 Å². The Morgan fingerprint density at radius 1 is 1.35 bits per heavy atom. The van der Waals surface area contributed by atoms with Crippen LogP contribution in [0.3, 0.4) is 0 Å². The highest BCUT2D eigenvalue weighted by Gasteiger charge is 2.26. The van der Waals surface area contributed by atoms with Crippen LogP contribution < -0.4 is 0 Å². The normalized spacial score (nSPS) is 16.1. The molecule has 1 amide bonds. The molecule has 3 heteroatoms. The van der Waals surface area contributed by atoms with Gasteiger partial charge in [0.05, 0.1) is 5.56 Å². The maximum Gasteiger partial charge on any atom is 0.255 e. The number of carbonyl (C=O) groups is 1. The van der Waals surface area contributed by atoms with Crippen molar-refractivity contribution < 1.29 is 4.79 Å². The molecule has 1 aromatic carbocycles. The fraction of sp³-hybridized carbons (Fsp3) is 0.500. The molecule has 0 bridgehead atoms. The van der Waals surface area contributed by atoms with Gasteiger partial charge in [-0.2, -0.15) is 0 Å². The van der Waals surface area contributed by atoms with Crippen molar-refractivity contribution >= 4 is 21.8 Å². The molecule has 0 heterocycles. The lowest BCUT2D eigenvalue weighted by molar-refractivity contribution is 0.0692. The quantitative estimate of drug-likeness (QED) is 0.829. The van der Waals surface area contributed by atoms with Crippen LogP contribution in [0.4, 0.5) is 0 Å². The van der Waals surface area contributed by atoms with Crippen LogP contribution in [0, 0.1) is 0 Å². The number of halogens is 1. The lowest BCUT2D eigenvalue weighted by Gasteiger charge is -2.28. The molecule has 1 saturated carbocycles. The lowest BCUT2D eigenvalue weighted by Crippen LogP contribution is -2.38. The summed E-state index contributed by atoms with van der Waals surface area (Å²) in [5, 5.41) is 0. The molecule has 1 fully saturated rings. The van der Waals surface area contributed by atoms with Gasteiger partial charge in [0.2, 0.25) is 0 Å². The van der Waals surface area contributed by atoms with Gasteiger partial charge >= 0.3 is 0 Å². The number of nitrogens with zero attached hydrogens (tertiary/aromatic N) is 1. The SMILES string of the molecule is CCN(C(=O)c1ccccc1Br)C1CCCC1. The largest absolute Gasteiger partial charge is 0.336 e. The van der Waals surface area contributed by atoms with Crippen molar-refractivity contribution in [2.75, 3.05) is 6.54 Å². The van der Waals surface area contributed by atoms with Crippen molar-refractivity contribution in [3.8, 4) is 0 Å². The molecule has 2 rings (SSSR count). The van der Waals surface area contributed by atoms with Crippen LogP contribution in [0.1, 0.15) is 43.0 Å². The molecule has 0 aromatic heterocycles. The number of rotatable bonds is 3. The summed E-state index contributed by atoms with van der Waals surface area (Å²) in [5.74, 6) is 0.159. The zero-order valence-electron chi connectivity index (χ0n) is 10.2. The summed E-state index contributed by atoms with van der Waals surface area (Å²) in [5.41, 5.74) is 0.779. The molecule has 17 heavy (non-hydrogen) atoms. The molecule has 0 atom stereocenters. The summed E-state index contributed by atoms with van der Waals surface area (Å²) in [6.07, 6.45) is 4.82. The maximum absolute atomic E-state index is 12.5. The number of hydrogen-bond acceptors (Lipinski definition) is 1. The summed E-state index contributed by atoms with van der Waals surface area (Å²) in [6.45, 7) is 2.86. The van der Waals surface area contributed by atoms with E-state index in [9.17, 15) is 4.79 Å². The monoisotopic (exact) mass is 295 g/mol. The second kappa shape index (κ2) is 5.67. The first-order chi connectivity index (χ1) is 8.24. The number of carbonyl (C=O) groups excluding carboxylic acids is 1. The molecule has 1 aliphatic carbocycles. The van der Waals surface area contributed by atoms with Crippen molar-refractivity contribution in [2.45, 2.75) is 38.6 Å². The van der Waals surface area contributed by atoms with Gasteiger partial charge in [0, 0.05) is 17.1 Å². The summed E-state index contributed by atoms with van der Waals surface area (Å²) in [6, 6.07) is 8.12. The number of amides is 1. The minimum atomic E-state index is 0.159. The first-order valence-corrected chi connectivity index (χ1v) is 7.09. The smallest absolute Gasteiger partial charge is 0.255 e. The minimum Gasteiger partial charge on any atom is -0.336 e. The minimum absolute atomic E-state index is 0.159. The molecule has 1 aliphatic rings. The molecule has 0 aliphatic heterocycles. The molecule has 0 radical (unpaired) electrons. The van der Waals surface area contributed by atoms with Crippen molar-refractivity contribution in [3.05, 3.63) is 34.3 Å². The van der Waals surface area contributed by atoms with Crippen LogP contribution in [0.5, 0.6) is 0 Å². The van der Waals surface area contributed by atoms with Gasteiger partial charge in [0.25, 0.3) is 5.91 Å². The highest BCUT2D eigenvalue weighted by atomic mass is 79.9. The highest BCUT2D eigenvalue weighted by molar-refractivity contribution is 9.10. The zero-order valence-corrected chi connectivity index (χ0v) is 11.7. The summed E-state index contributed by atoms with van der Waals surface area (Å²) in [7, 11) is 0. The van der Waals surface area contributed by atoms with Gasteiger partial charge in [-0.1, -0.05) is 25.0 Å². The van der Waals surface area contributed by atoms with Crippen LogP contribution in [0.2, 0.25) is 0 Å². The van der Waals surface area contributed by atoms with E-state index in [-0.39, 0.29) is 5.91 Å². The summed E-state index contributed by atoms with van der Waals surface area (Å²) < 4.78 is 0.890. The molecule has 92 valence electrons. The van der Waals surface area contributed by atoms with E-state index in [1.54, 1.807) is 0 Å². The standard InChI is InChI=1S/C14H18BrNO/c1-2-16(11-7-3-4-8-11)14(17)12-9-5-6-10-13(12)15/h5-6,9-11H,2-4,7-8H2,1H3. The van der Waals surface area contributed by atoms with Gasteiger partial charge in [-0.25, -0.2) is 0 Å². The van der Waals surface area contributed by atoms with Crippen LogP contribution >= 0.6 is 15.9 Å². The number of hydrogen-bond donors (Lipinski definition) is 0. The Kier molecular flexibility index (Phi) is 4.21. The second-order valence-corrected chi connectivity index (χ2v) is 5.36. The third-order valence-corrected chi connectivity index (χ3v) is 4.16. The van der Waals surface area contributed by atoms with E-state index in [1.165, 1.54) is 12.8 Å². The molecule has 0 N–H and O–H groups in total. The van der Waals surface area contributed by atoms with Gasteiger partial charge in [-0.15, -0.1) is 0 Å². The molecule has 0 saturated heterocycles. The molecular formula is C14H18BrNO. The van der Waals surface area contributed by atoms with E-state index >= 15 is 0 Å². The first kappa shape index (κ1) is 12.6. The summed E-state index contributed by atoms with van der Waals surface area (Å²) in [4.78, 5) is 14.5. The zero-order chi connectivity index (χ0) is 12.3. The Morgan fingerprint density at radius 3 is 2.59 bits per heavy atom. The van der Waals surface area contributed by atoms with Crippen LogP contribution in [0.25, 0.3) is 0 Å². The van der Waals surface area contributed by atoms with Gasteiger partial charge < -0.3 is 4.90 Å². The molecular weight excluding hydrogens is 278 g/mol. The predicted molar refractivity (Wildman–Crippen MR) is 73.1 cm³/mol. The fourth-order valence-electron chi connectivity index (χ4n) is 2.57. The predicted octanol–water partition coefficient (Wildman–Crippen LogP) is 3.85. The van der Waals surface area contributed by atoms with Crippen molar-refractivity contribution in [1.29, 1.82) is 0 Å². The maximum atomic E-state index is 12.5. The van der Waals surface area contributed by atoms with E-state index in [4.69, 9.17) is 0 Å². The van der Waals surface area contributed by atoms with Crippen molar-refractivity contribution in [1.82, 2.24) is 4.90 Å². The lowest BCUT2D eigenvalue weighted by atomic mass is 10.1. The molecule has 2 nitrogen and oxygen atoms in total. The van der Waals surface area contributed by atoms with E-state index in [0.717, 1.165) is 29.4 Å². The Hall–Kier alpha value is -0.830. The Morgan fingerprint density at radius 2 is 2.00 bits per heavy atom. The third-order valence-electron chi connectivity index (χ3n) is 3.47. The molecule has 0 spiro atoms. The molecule has 1 aromatic rings. The average Bonchev–Trinajstić information content (AvgIpc) is 2.84. The third kappa shape index (κ3) is 2.71. The van der Waals surface area contributed by atoms with Crippen LogP contribution in [0.15, 0.2) is 28.7 Å². The summed E-state index contributed by atoms with van der Waals surface area (Å²) >= 11 is 3.46. The average molecular weight is 296 g/mol. The highest BCUT2D eigenvalue weighted by Crippen LogP contribution is 2.26. The van der Waals surface area contributed by atoms with Crippen molar-refractivity contribution in [3.63, 3.8) is 0 Å². The van der Waals surface area contributed by atoms with E-state index in [1.807, 2.05) is 29.2 Å². The van der Waals surface area contributed by atoms with Crippen LogP contribution in [-0.4, -0.2) is 23.4 Å². The van der Waals surface area contributed by atoms with E-state index in [0.29, 0.717) is 6.04 Å². The van der Waals surface area contributed by atoms with E-state index < -0.39 is 0 Å². The van der Waals surface area contributed by atoms with Gasteiger partial charge in [0.15, 0.2) is 0 Å². The number of benzene rings is 1. The van der Waals surface area contributed by atoms with Crippen LogP contribution in [-0.2, 0) is 0 Å². The molecule has 0 unspecified atom stereocenters. The fourth-order valence-corrected chi connectivity index (χ4v) is 3.03.